The molecule has 3 rings (SSSR count). The summed E-state index contributed by atoms with van der Waals surface area (Å²) in [6, 6.07) is 9.83. The molecule has 2 aliphatic rings. The van der Waals surface area contributed by atoms with Crippen LogP contribution < -0.4 is 0 Å². The van der Waals surface area contributed by atoms with Crippen LogP contribution in [0.15, 0.2) is 30.3 Å². The lowest BCUT2D eigenvalue weighted by atomic mass is 9.84. The number of carboxylic acids is 1. The van der Waals surface area contributed by atoms with E-state index >= 15 is 0 Å². The summed E-state index contributed by atoms with van der Waals surface area (Å²) in [5, 5.41) is 9.31. The number of likely N-dealkylation sites (tertiary alicyclic amines) is 1. The van der Waals surface area contributed by atoms with Gasteiger partial charge in [-0.2, -0.15) is 0 Å². The summed E-state index contributed by atoms with van der Waals surface area (Å²) in [7, 11) is 0. The van der Waals surface area contributed by atoms with Crippen LogP contribution in [0.2, 0.25) is 0 Å². The van der Waals surface area contributed by atoms with Crippen molar-refractivity contribution in [2.45, 2.75) is 38.2 Å². The first kappa shape index (κ1) is 17.0. The minimum absolute atomic E-state index is 0.141. The van der Waals surface area contributed by atoms with Crippen molar-refractivity contribution in [1.82, 2.24) is 4.90 Å². The van der Waals surface area contributed by atoms with Gasteiger partial charge in [0.15, 0.2) is 0 Å². The second-order valence-electron chi connectivity index (χ2n) is 6.86. The molecule has 2 unspecified atom stereocenters. The molecule has 0 spiro atoms. The molecular formula is C19H25NO4. The predicted octanol–water partition coefficient (Wildman–Crippen LogP) is 2.52. The third-order valence-electron chi connectivity index (χ3n) is 5.44. The van der Waals surface area contributed by atoms with Crippen LogP contribution in [0.4, 0.5) is 0 Å². The van der Waals surface area contributed by atoms with Crippen LogP contribution in [0, 0.1) is 11.8 Å². The van der Waals surface area contributed by atoms with Crippen molar-refractivity contribution in [3.05, 3.63) is 35.9 Å². The number of hydrogen-bond acceptors (Lipinski definition) is 3. The summed E-state index contributed by atoms with van der Waals surface area (Å²) in [4.78, 5) is 25.9. The molecule has 2 fully saturated rings. The molecule has 0 radical (unpaired) electrons. The Hall–Kier alpha value is -1.88. The number of piperidine rings is 1. The van der Waals surface area contributed by atoms with E-state index < -0.39 is 5.97 Å². The number of amides is 1. The Bertz CT molecular complexity index is 580. The highest BCUT2D eigenvalue weighted by molar-refractivity contribution is 5.83. The van der Waals surface area contributed by atoms with E-state index in [1.807, 2.05) is 42.2 Å². The molecular weight excluding hydrogens is 306 g/mol. The summed E-state index contributed by atoms with van der Waals surface area (Å²) in [5.74, 6) is -0.891. The van der Waals surface area contributed by atoms with Gasteiger partial charge in [-0.3, -0.25) is 9.59 Å². The van der Waals surface area contributed by atoms with Gasteiger partial charge in [0.1, 0.15) is 0 Å². The summed E-state index contributed by atoms with van der Waals surface area (Å²) in [5.41, 5.74) is 1.04. The SMILES string of the molecule is CC(C(=O)N1CCC([C@@H]2OCCC2C(=O)O)CC1)c1ccccc1. The number of carbonyl (C=O) groups is 2. The van der Waals surface area contributed by atoms with Crippen LogP contribution in [-0.2, 0) is 14.3 Å². The van der Waals surface area contributed by atoms with E-state index in [9.17, 15) is 14.7 Å². The highest BCUT2D eigenvalue weighted by Gasteiger charge is 2.41. The number of carboxylic acid groups (broad SMARTS) is 1. The number of nitrogens with zero attached hydrogens (tertiary/aromatic N) is 1. The van der Waals surface area contributed by atoms with E-state index in [-0.39, 0.29) is 29.8 Å². The van der Waals surface area contributed by atoms with E-state index in [2.05, 4.69) is 0 Å². The van der Waals surface area contributed by atoms with Gasteiger partial charge in [0, 0.05) is 19.7 Å². The summed E-state index contributed by atoms with van der Waals surface area (Å²) < 4.78 is 5.69. The Labute approximate surface area is 142 Å². The maximum atomic E-state index is 12.7. The Kier molecular flexibility index (Phi) is 5.19. The van der Waals surface area contributed by atoms with Gasteiger partial charge < -0.3 is 14.7 Å². The van der Waals surface area contributed by atoms with Gasteiger partial charge in [-0.1, -0.05) is 30.3 Å². The van der Waals surface area contributed by atoms with Gasteiger partial charge in [-0.25, -0.2) is 0 Å². The van der Waals surface area contributed by atoms with Crippen LogP contribution >= 0.6 is 0 Å². The van der Waals surface area contributed by atoms with Crippen LogP contribution in [0.3, 0.4) is 0 Å². The first-order valence-corrected chi connectivity index (χ1v) is 8.76. The second kappa shape index (κ2) is 7.34. The van der Waals surface area contributed by atoms with Crippen molar-refractivity contribution < 1.29 is 19.4 Å². The standard InChI is InChI=1S/C19H25NO4/c1-13(14-5-3-2-4-6-14)18(21)20-10-7-15(8-11-20)17-16(19(22)23)9-12-24-17/h2-6,13,15-17H,7-12H2,1H3,(H,22,23)/t13?,16?,17-/m0/s1. The third kappa shape index (κ3) is 3.46. The van der Waals surface area contributed by atoms with Gasteiger partial charge in [0.25, 0.3) is 0 Å². The van der Waals surface area contributed by atoms with E-state index in [1.165, 1.54) is 0 Å². The minimum atomic E-state index is -0.756. The monoisotopic (exact) mass is 331 g/mol. The Morgan fingerprint density at radius 3 is 2.46 bits per heavy atom. The fourth-order valence-corrected chi connectivity index (χ4v) is 3.95. The number of carbonyl (C=O) groups excluding carboxylic acids is 1. The largest absolute Gasteiger partial charge is 0.481 e. The molecule has 1 N–H and O–H groups in total. The fraction of sp³-hybridized carbons (Fsp3) is 0.579. The normalized spacial score (nSPS) is 26.3. The zero-order valence-corrected chi connectivity index (χ0v) is 14.1. The topological polar surface area (TPSA) is 66.8 Å². The lowest BCUT2D eigenvalue weighted by molar-refractivity contribution is -0.146. The molecule has 0 bridgehead atoms. The Balaban J connectivity index is 1.57. The number of ether oxygens (including phenoxy) is 1. The highest BCUT2D eigenvalue weighted by atomic mass is 16.5. The number of aliphatic carboxylic acids is 1. The van der Waals surface area contributed by atoms with Crippen molar-refractivity contribution in [1.29, 1.82) is 0 Å². The van der Waals surface area contributed by atoms with Crippen LogP contribution in [0.25, 0.3) is 0 Å². The quantitative estimate of drug-likeness (QED) is 0.920. The molecule has 1 aromatic carbocycles. The minimum Gasteiger partial charge on any atom is -0.481 e. The molecule has 3 atom stereocenters. The molecule has 0 saturated carbocycles. The van der Waals surface area contributed by atoms with Gasteiger partial charge >= 0.3 is 5.97 Å². The van der Waals surface area contributed by atoms with Crippen molar-refractivity contribution in [3.8, 4) is 0 Å². The molecule has 130 valence electrons. The lowest BCUT2D eigenvalue weighted by Gasteiger charge is -2.36. The molecule has 0 aliphatic carbocycles. The molecule has 1 amide bonds. The van der Waals surface area contributed by atoms with E-state index in [1.54, 1.807) is 0 Å². The lowest BCUT2D eigenvalue weighted by Crippen LogP contribution is -2.44. The summed E-state index contributed by atoms with van der Waals surface area (Å²) in [6.45, 7) is 3.86. The van der Waals surface area contributed by atoms with Crippen molar-refractivity contribution in [2.24, 2.45) is 11.8 Å². The molecule has 1 aromatic rings. The average molecular weight is 331 g/mol. The maximum Gasteiger partial charge on any atom is 0.309 e. The van der Waals surface area contributed by atoms with Gasteiger partial charge in [-0.05, 0) is 37.7 Å². The second-order valence-corrected chi connectivity index (χ2v) is 6.86. The number of benzene rings is 1. The average Bonchev–Trinajstić information content (AvgIpc) is 3.11. The molecule has 5 heteroatoms. The maximum absolute atomic E-state index is 12.7. The first-order valence-electron chi connectivity index (χ1n) is 8.76. The fourth-order valence-electron chi connectivity index (χ4n) is 3.95. The third-order valence-corrected chi connectivity index (χ3v) is 5.44. The molecule has 24 heavy (non-hydrogen) atoms. The molecule has 2 aliphatic heterocycles. The first-order chi connectivity index (χ1) is 11.6. The van der Waals surface area contributed by atoms with Gasteiger partial charge in [0.05, 0.1) is 17.9 Å². The summed E-state index contributed by atoms with van der Waals surface area (Å²) in [6.07, 6.45) is 2.06. The zero-order chi connectivity index (χ0) is 17.1. The van der Waals surface area contributed by atoms with Crippen LogP contribution in [0.1, 0.15) is 37.7 Å². The van der Waals surface area contributed by atoms with Crippen molar-refractivity contribution >= 4 is 11.9 Å². The van der Waals surface area contributed by atoms with Gasteiger partial charge in [0.2, 0.25) is 5.91 Å². The number of rotatable bonds is 4. The van der Waals surface area contributed by atoms with Crippen molar-refractivity contribution in [2.75, 3.05) is 19.7 Å². The smallest absolute Gasteiger partial charge is 0.309 e. The summed E-state index contributed by atoms with van der Waals surface area (Å²) >= 11 is 0. The van der Waals surface area contributed by atoms with Crippen LogP contribution in [-0.4, -0.2) is 47.7 Å². The van der Waals surface area contributed by atoms with Crippen molar-refractivity contribution in [3.63, 3.8) is 0 Å². The van der Waals surface area contributed by atoms with E-state index in [0.717, 1.165) is 18.4 Å². The van der Waals surface area contributed by atoms with E-state index in [0.29, 0.717) is 26.1 Å². The Morgan fingerprint density at radius 2 is 1.83 bits per heavy atom. The molecule has 0 aromatic heterocycles. The van der Waals surface area contributed by atoms with Gasteiger partial charge in [-0.15, -0.1) is 0 Å². The zero-order valence-electron chi connectivity index (χ0n) is 14.1. The molecule has 2 heterocycles. The molecule has 5 nitrogen and oxygen atoms in total. The highest BCUT2D eigenvalue weighted by Crippen LogP contribution is 2.34. The number of hydrogen-bond donors (Lipinski definition) is 1. The molecule has 2 saturated heterocycles. The van der Waals surface area contributed by atoms with E-state index in [4.69, 9.17) is 4.74 Å². The van der Waals surface area contributed by atoms with Crippen LogP contribution in [0.5, 0.6) is 0 Å². The Morgan fingerprint density at radius 1 is 1.17 bits per heavy atom. The predicted molar refractivity (Wildman–Crippen MR) is 89.6 cm³/mol.